The van der Waals surface area contributed by atoms with Gasteiger partial charge in [0.1, 0.15) is 5.69 Å². The van der Waals surface area contributed by atoms with Gasteiger partial charge in [-0.2, -0.15) is 5.10 Å². The third-order valence-corrected chi connectivity index (χ3v) is 5.13. The van der Waals surface area contributed by atoms with Crippen molar-refractivity contribution in [3.63, 3.8) is 0 Å². The molecule has 3 rings (SSSR count). The van der Waals surface area contributed by atoms with Crippen molar-refractivity contribution in [3.8, 4) is 0 Å². The van der Waals surface area contributed by atoms with E-state index in [-0.39, 0.29) is 23.2 Å². The maximum Gasteiger partial charge on any atom is 0.272 e. The molecule has 3 aromatic rings. The summed E-state index contributed by atoms with van der Waals surface area (Å²) in [5.74, 6) is -0.256. The summed E-state index contributed by atoms with van der Waals surface area (Å²) in [4.78, 5) is 24.9. The predicted molar refractivity (Wildman–Crippen MR) is 119 cm³/mol. The minimum atomic E-state index is -0.256. The Morgan fingerprint density at radius 3 is 2.37 bits per heavy atom. The van der Waals surface area contributed by atoms with Gasteiger partial charge in [0.15, 0.2) is 0 Å². The number of carbonyl (C=O) groups is 1. The molecule has 0 saturated heterocycles. The molecule has 1 N–H and O–H groups in total. The number of unbranched alkanes of at least 4 members (excludes halogenated alkanes) is 1. The zero-order valence-corrected chi connectivity index (χ0v) is 17.5. The molecule has 1 aromatic heterocycles. The molecular formula is C25H29N3O2. The highest BCUT2D eigenvalue weighted by Crippen LogP contribution is 2.20. The molecule has 5 heteroatoms. The van der Waals surface area contributed by atoms with Gasteiger partial charge in [-0.05, 0) is 42.9 Å². The monoisotopic (exact) mass is 403 g/mol. The van der Waals surface area contributed by atoms with Crippen LogP contribution in [0.2, 0.25) is 0 Å². The summed E-state index contributed by atoms with van der Waals surface area (Å²) in [6, 6.07) is 23.2. The van der Waals surface area contributed by atoms with Gasteiger partial charge in [0.05, 0.1) is 6.04 Å². The zero-order valence-electron chi connectivity index (χ0n) is 17.5. The van der Waals surface area contributed by atoms with E-state index < -0.39 is 0 Å². The van der Waals surface area contributed by atoms with E-state index in [9.17, 15) is 9.59 Å². The minimum absolute atomic E-state index is 0.111. The van der Waals surface area contributed by atoms with Gasteiger partial charge in [-0.3, -0.25) is 9.59 Å². The maximum atomic E-state index is 12.9. The van der Waals surface area contributed by atoms with Gasteiger partial charge in [-0.25, -0.2) is 4.68 Å². The van der Waals surface area contributed by atoms with Crippen molar-refractivity contribution in [1.29, 1.82) is 0 Å². The molecule has 1 unspecified atom stereocenters. The summed E-state index contributed by atoms with van der Waals surface area (Å²) < 4.78 is 1.38. The minimum Gasteiger partial charge on any atom is -0.344 e. The van der Waals surface area contributed by atoms with Crippen LogP contribution in [0.1, 0.15) is 60.3 Å². The predicted octanol–water partition coefficient (Wildman–Crippen LogP) is 4.54. The van der Waals surface area contributed by atoms with Crippen LogP contribution in [0.4, 0.5) is 0 Å². The molecule has 0 aliphatic rings. The summed E-state index contributed by atoms with van der Waals surface area (Å²) in [5.41, 5.74) is 2.45. The first-order valence-electron chi connectivity index (χ1n) is 10.6. The Morgan fingerprint density at radius 2 is 1.67 bits per heavy atom. The van der Waals surface area contributed by atoms with Crippen molar-refractivity contribution in [2.24, 2.45) is 0 Å². The van der Waals surface area contributed by atoms with Crippen molar-refractivity contribution in [2.75, 3.05) is 0 Å². The van der Waals surface area contributed by atoms with Gasteiger partial charge in [-0.1, -0.05) is 74.0 Å². The number of aryl methyl sites for hydroxylation is 2. The molecule has 1 atom stereocenters. The Labute approximate surface area is 177 Å². The Bertz CT molecular complexity index is 984. The zero-order chi connectivity index (χ0) is 21.2. The van der Waals surface area contributed by atoms with Gasteiger partial charge in [0, 0.05) is 12.6 Å². The van der Waals surface area contributed by atoms with Gasteiger partial charge in [0.2, 0.25) is 0 Å². The second-order valence-corrected chi connectivity index (χ2v) is 7.45. The van der Waals surface area contributed by atoms with E-state index in [1.807, 2.05) is 48.5 Å². The second kappa shape index (κ2) is 11.1. The third-order valence-electron chi connectivity index (χ3n) is 5.13. The van der Waals surface area contributed by atoms with Crippen LogP contribution in [0.15, 0.2) is 77.6 Å². The Kier molecular flexibility index (Phi) is 7.95. The number of nitrogens with one attached hydrogen (secondary N) is 1. The Balaban J connectivity index is 1.71. The molecule has 1 heterocycles. The summed E-state index contributed by atoms with van der Waals surface area (Å²) in [6.07, 6.45) is 4.54. The summed E-state index contributed by atoms with van der Waals surface area (Å²) in [5, 5.41) is 7.40. The number of hydrogen-bond acceptors (Lipinski definition) is 3. The van der Waals surface area contributed by atoms with Gasteiger partial charge in [-0.15, -0.1) is 0 Å². The first-order chi connectivity index (χ1) is 14.7. The molecule has 156 valence electrons. The summed E-state index contributed by atoms with van der Waals surface area (Å²) in [7, 11) is 0. The second-order valence-electron chi connectivity index (χ2n) is 7.45. The molecule has 0 spiro atoms. The van der Waals surface area contributed by atoms with Crippen molar-refractivity contribution in [3.05, 3.63) is 100.0 Å². The average molecular weight is 404 g/mol. The largest absolute Gasteiger partial charge is 0.344 e. The first-order valence-corrected chi connectivity index (χ1v) is 10.6. The van der Waals surface area contributed by atoms with E-state index in [1.54, 1.807) is 0 Å². The SMILES string of the molecule is CCCCn1nc(C(=O)NC(CCCc2ccccc2)c2ccccc2)ccc1=O. The van der Waals surface area contributed by atoms with Crippen molar-refractivity contribution in [1.82, 2.24) is 15.1 Å². The quantitative estimate of drug-likeness (QED) is 0.541. The number of rotatable bonds is 10. The van der Waals surface area contributed by atoms with Crippen molar-refractivity contribution < 1.29 is 4.79 Å². The normalized spacial score (nSPS) is 11.8. The highest BCUT2D eigenvalue weighted by atomic mass is 16.2. The molecule has 2 aromatic carbocycles. The molecule has 0 aliphatic heterocycles. The number of benzene rings is 2. The maximum absolute atomic E-state index is 12.9. The highest BCUT2D eigenvalue weighted by Gasteiger charge is 2.17. The van der Waals surface area contributed by atoms with Crippen LogP contribution < -0.4 is 10.9 Å². The van der Waals surface area contributed by atoms with E-state index in [4.69, 9.17) is 0 Å². The van der Waals surface area contributed by atoms with Gasteiger partial charge >= 0.3 is 0 Å². The number of hydrogen-bond donors (Lipinski definition) is 1. The molecule has 0 saturated carbocycles. The molecule has 5 nitrogen and oxygen atoms in total. The lowest BCUT2D eigenvalue weighted by Gasteiger charge is -2.19. The first kappa shape index (κ1) is 21.5. The Morgan fingerprint density at radius 1 is 0.967 bits per heavy atom. The summed E-state index contributed by atoms with van der Waals surface area (Å²) >= 11 is 0. The smallest absolute Gasteiger partial charge is 0.272 e. The molecule has 0 fully saturated rings. The van der Waals surface area contributed by atoms with Crippen LogP contribution in [-0.4, -0.2) is 15.7 Å². The van der Waals surface area contributed by atoms with E-state index in [0.717, 1.165) is 37.7 Å². The van der Waals surface area contributed by atoms with E-state index in [0.29, 0.717) is 6.54 Å². The molecule has 0 radical (unpaired) electrons. The van der Waals surface area contributed by atoms with Gasteiger partial charge < -0.3 is 5.32 Å². The fourth-order valence-corrected chi connectivity index (χ4v) is 3.43. The molecule has 1 amide bonds. The highest BCUT2D eigenvalue weighted by molar-refractivity contribution is 5.92. The topological polar surface area (TPSA) is 64.0 Å². The van der Waals surface area contributed by atoms with Crippen LogP contribution in [-0.2, 0) is 13.0 Å². The number of amides is 1. The average Bonchev–Trinajstić information content (AvgIpc) is 2.79. The van der Waals surface area contributed by atoms with Crippen LogP contribution in [0.5, 0.6) is 0 Å². The van der Waals surface area contributed by atoms with Crippen LogP contribution in [0, 0.1) is 0 Å². The Hall–Kier alpha value is -3.21. The van der Waals surface area contributed by atoms with E-state index in [1.165, 1.54) is 22.4 Å². The molecule has 30 heavy (non-hydrogen) atoms. The fourth-order valence-electron chi connectivity index (χ4n) is 3.43. The lowest BCUT2D eigenvalue weighted by atomic mass is 9.99. The molecule has 0 aliphatic carbocycles. The lowest BCUT2D eigenvalue weighted by molar-refractivity contribution is 0.0926. The molecular weight excluding hydrogens is 374 g/mol. The van der Waals surface area contributed by atoms with Crippen molar-refractivity contribution >= 4 is 5.91 Å². The van der Waals surface area contributed by atoms with Crippen molar-refractivity contribution in [2.45, 2.75) is 51.6 Å². The van der Waals surface area contributed by atoms with E-state index >= 15 is 0 Å². The number of nitrogens with zero attached hydrogens (tertiary/aromatic N) is 2. The summed E-state index contributed by atoms with van der Waals surface area (Å²) in [6.45, 7) is 2.58. The van der Waals surface area contributed by atoms with Gasteiger partial charge in [0.25, 0.3) is 11.5 Å². The number of carbonyl (C=O) groups excluding carboxylic acids is 1. The fraction of sp³-hybridized carbons (Fsp3) is 0.320. The molecule has 0 bridgehead atoms. The van der Waals surface area contributed by atoms with Crippen LogP contribution >= 0.6 is 0 Å². The van der Waals surface area contributed by atoms with Crippen LogP contribution in [0.25, 0.3) is 0 Å². The third kappa shape index (κ3) is 6.14. The lowest BCUT2D eigenvalue weighted by Crippen LogP contribution is -2.32. The number of aromatic nitrogens is 2. The van der Waals surface area contributed by atoms with Crippen LogP contribution in [0.3, 0.4) is 0 Å². The van der Waals surface area contributed by atoms with E-state index in [2.05, 4.69) is 29.5 Å². The standard InChI is InChI=1S/C25H29N3O2/c1-2-3-19-28-24(29)18-17-23(27-28)25(30)26-22(21-14-8-5-9-15-21)16-10-13-20-11-6-4-7-12-20/h4-9,11-12,14-15,17-18,22H,2-3,10,13,16,19H2,1H3,(H,26,30).